The van der Waals surface area contributed by atoms with Gasteiger partial charge in [-0.25, -0.2) is 8.42 Å². The molecule has 1 aliphatic rings. The van der Waals surface area contributed by atoms with E-state index in [1.807, 2.05) is 24.3 Å². The van der Waals surface area contributed by atoms with Gasteiger partial charge in [0, 0.05) is 13.1 Å². The Hall–Kier alpha value is -1.65. The molecule has 0 radical (unpaired) electrons. The average molecular weight is 287 g/mol. The second kappa shape index (κ2) is 5.38. The van der Waals surface area contributed by atoms with Crippen LogP contribution in [0.4, 0.5) is 0 Å². The lowest BCUT2D eigenvalue weighted by Crippen LogP contribution is -2.28. The maximum Gasteiger partial charge on any atom is 0.243 e. The molecule has 2 aromatic carbocycles. The SMILES string of the molecule is O=S(=O)(c1ccccc1)N1CCC(c2ccccc2)C1. The number of nitrogens with zero attached hydrogens (tertiary/aromatic N) is 1. The van der Waals surface area contributed by atoms with Crippen molar-refractivity contribution >= 4 is 10.0 Å². The van der Waals surface area contributed by atoms with Gasteiger partial charge in [0.2, 0.25) is 10.0 Å². The fourth-order valence-corrected chi connectivity index (χ4v) is 4.21. The molecule has 1 aliphatic heterocycles. The van der Waals surface area contributed by atoms with Crippen LogP contribution in [0.5, 0.6) is 0 Å². The lowest BCUT2D eigenvalue weighted by molar-refractivity contribution is 0.473. The Morgan fingerprint density at radius 1 is 0.900 bits per heavy atom. The lowest BCUT2D eigenvalue weighted by Gasteiger charge is -2.16. The van der Waals surface area contributed by atoms with Crippen LogP contribution in [0, 0.1) is 0 Å². The summed E-state index contributed by atoms with van der Waals surface area (Å²) in [5.41, 5.74) is 1.22. The Morgan fingerprint density at radius 2 is 1.50 bits per heavy atom. The minimum Gasteiger partial charge on any atom is -0.207 e. The largest absolute Gasteiger partial charge is 0.243 e. The highest BCUT2D eigenvalue weighted by Crippen LogP contribution is 2.30. The fourth-order valence-electron chi connectivity index (χ4n) is 2.69. The van der Waals surface area contributed by atoms with Gasteiger partial charge in [0.25, 0.3) is 0 Å². The molecular formula is C16H17NO2S. The summed E-state index contributed by atoms with van der Waals surface area (Å²) in [5, 5.41) is 0. The zero-order valence-electron chi connectivity index (χ0n) is 11.1. The summed E-state index contributed by atoms with van der Waals surface area (Å²) in [5.74, 6) is 0.301. The third kappa shape index (κ3) is 2.49. The third-order valence-electron chi connectivity index (χ3n) is 3.80. The van der Waals surface area contributed by atoms with E-state index >= 15 is 0 Å². The summed E-state index contributed by atoms with van der Waals surface area (Å²) >= 11 is 0. The summed E-state index contributed by atoms with van der Waals surface area (Å²) in [4.78, 5) is 0.383. The molecule has 2 aromatic rings. The quantitative estimate of drug-likeness (QED) is 0.870. The molecule has 1 fully saturated rings. The van der Waals surface area contributed by atoms with E-state index in [9.17, 15) is 8.42 Å². The molecule has 0 N–H and O–H groups in total. The van der Waals surface area contributed by atoms with Gasteiger partial charge in [-0.2, -0.15) is 4.31 Å². The maximum atomic E-state index is 12.5. The van der Waals surface area contributed by atoms with Crippen molar-refractivity contribution in [1.82, 2.24) is 4.31 Å². The predicted molar refractivity (Wildman–Crippen MR) is 79.0 cm³/mol. The van der Waals surface area contributed by atoms with Crippen molar-refractivity contribution in [3.05, 3.63) is 66.2 Å². The first-order valence-corrected chi connectivity index (χ1v) is 8.22. The zero-order chi connectivity index (χ0) is 14.0. The van der Waals surface area contributed by atoms with Gasteiger partial charge in [-0.1, -0.05) is 48.5 Å². The molecule has 4 heteroatoms. The first-order valence-electron chi connectivity index (χ1n) is 6.78. The van der Waals surface area contributed by atoms with Gasteiger partial charge in [0.05, 0.1) is 4.90 Å². The van der Waals surface area contributed by atoms with Gasteiger partial charge in [-0.05, 0) is 30.0 Å². The second-order valence-electron chi connectivity index (χ2n) is 5.07. The van der Waals surface area contributed by atoms with Crippen LogP contribution < -0.4 is 0 Å². The van der Waals surface area contributed by atoms with Crippen LogP contribution in [0.15, 0.2) is 65.6 Å². The molecule has 1 atom stereocenters. The smallest absolute Gasteiger partial charge is 0.207 e. The summed E-state index contributed by atoms with van der Waals surface area (Å²) in [6.45, 7) is 1.16. The highest BCUT2D eigenvalue weighted by Gasteiger charge is 2.32. The van der Waals surface area contributed by atoms with Crippen molar-refractivity contribution in [2.75, 3.05) is 13.1 Å². The third-order valence-corrected chi connectivity index (χ3v) is 5.68. The summed E-state index contributed by atoms with van der Waals surface area (Å²) in [7, 11) is -3.35. The standard InChI is InChI=1S/C16H17NO2S/c18-20(19,16-9-5-2-6-10-16)17-12-11-15(13-17)14-7-3-1-4-8-14/h1-10,15H,11-13H2. The summed E-state index contributed by atoms with van der Waals surface area (Å²) < 4.78 is 26.7. The van der Waals surface area contributed by atoms with E-state index in [0.717, 1.165) is 6.42 Å². The van der Waals surface area contributed by atoms with Crippen LogP contribution in [-0.2, 0) is 10.0 Å². The van der Waals surface area contributed by atoms with Gasteiger partial charge in [-0.15, -0.1) is 0 Å². The molecule has 0 spiro atoms. The first-order chi connectivity index (χ1) is 9.68. The minimum atomic E-state index is -3.35. The van der Waals surface area contributed by atoms with Gasteiger partial charge in [0.1, 0.15) is 0 Å². The van der Waals surface area contributed by atoms with E-state index in [2.05, 4.69) is 12.1 Å². The van der Waals surface area contributed by atoms with Crippen molar-refractivity contribution in [1.29, 1.82) is 0 Å². The number of benzene rings is 2. The lowest BCUT2D eigenvalue weighted by atomic mass is 9.99. The molecular weight excluding hydrogens is 270 g/mol. The number of sulfonamides is 1. The van der Waals surface area contributed by atoms with Crippen molar-refractivity contribution in [2.24, 2.45) is 0 Å². The van der Waals surface area contributed by atoms with Crippen LogP contribution in [0.1, 0.15) is 17.9 Å². The van der Waals surface area contributed by atoms with E-state index < -0.39 is 10.0 Å². The molecule has 3 rings (SSSR count). The van der Waals surface area contributed by atoms with Gasteiger partial charge >= 0.3 is 0 Å². The fraction of sp³-hybridized carbons (Fsp3) is 0.250. The Kier molecular flexibility index (Phi) is 3.59. The van der Waals surface area contributed by atoms with Gasteiger partial charge in [-0.3, -0.25) is 0 Å². The number of rotatable bonds is 3. The van der Waals surface area contributed by atoms with Crippen molar-refractivity contribution in [3.8, 4) is 0 Å². The van der Waals surface area contributed by atoms with E-state index in [4.69, 9.17) is 0 Å². The average Bonchev–Trinajstić information content (AvgIpc) is 3.00. The maximum absolute atomic E-state index is 12.5. The molecule has 0 saturated carbocycles. The topological polar surface area (TPSA) is 37.4 Å². The second-order valence-corrected chi connectivity index (χ2v) is 7.01. The monoisotopic (exact) mass is 287 g/mol. The van der Waals surface area contributed by atoms with Gasteiger partial charge in [0.15, 0.2) is 0 Å². The molecule has 3 nitrogen and oxygen atoms in total. The molecule has 0 aliphatic carbocycles. The van der Waals surface area contributed by atoms with E-state index in [0.29, 0.717) is 23.9 Å². The van der Waals surface area contributed by atoms with E-state index in [1.54, 1.807) is 28.6 Å². The first kappa shape index (κ1) is 13.3. The van der Waals surface area contributed by atoms with Crippen LogP contribution in [-0.4, -0.2) is 25.8 Å². The van der Waals surface area contributed by atoms with Crippen LogP contribution >= 0.6 is 0 Å². The zero-order valence-corrected chi connectivity index (χ0v) is 12.0. The molecule has 0 bridgehead atoms. The predicted octanol–water partition coefficient (Wildman–Crippen LogP) is 2.86. The molecule has 104 valence electrons. The van der Waals surface area contributed by atoms with Crippen LogP contribution in [0.3, 0.4) is 0 Å². The number of hydrogen-bond donors (Lipinski definition) is 0. The van der Waals surface area contributed by atoms with Crippen LogP contribution in [0.25, 0.3) is 0 Å². The molecule has 1 heterocycles. The molecule has 0 aromatic heterocycles. The molecule has 20 heavy (non-hydrogen) atoms. The normalized spacial score (nSPS) is 20.1. The highest BCUT2D eigenvalue weighted by molar-refractivity contribution is 7.89. The number of hydrogen-bond acceptors (Lipinski definition) is 2. The van der Waals surface area contributed by atoms with Crippen molar-refractivity contribution < 1.29 is 8.42 Å². The molecule has 0 amide bonds. The Bertz CT molecular complexity index is 668. The minimum absolute atomic E-state index is 0.301. The van der Waals surface area contributed by atoms with Crippen molar-refractivity contribution in [2.45, 2.75) is 17.2 Å². The highest BCUT2D eigenvalue weighted by atomic mass is 32.2. The Balaban J connectivity index is 1.81. The molecule has 1 unspecified atom stereocenters. The van der Waals surface area contributed by atoms with Crippen molar-refractivity contribution in [3.63, 3.8) is 0 Å². The van der Waals surface area contributed by atoms with Gasteiger partial charge < -0.3 is 0 Å². The van der Waals surface area contributed by atoms with E-state index in [1.165, 1.54) is 5.56 Å². The molecule has 1 saturated heterocycles. The van der Waals surface area contributed by atoms with E-state index in [-0.39, 0.29) is 0 Å². The Labute approximate surface area is 119 Å². The summed E-state index contributed by atoms with van der Waals surface area (Å²) in [6.07, 6.45) is 0.885. The summed E-state index contributed by atoms with van der Waals surface area (Å²) in [6, 6.07) is 18.8. The Morgan fingerprint density at radius 3 is 2.15 bits per heavy atom. The van der Waals surface area contributed by atoms with Crippen LogP contribution in [0.2, 0.25) is 0 Å².